The molecule has 0 saturated carbocycles. The molecule has 0 unspecified atom stereocenters. The maximum atomic E-state index is 11.6. The molecule has 0 saturated heterocycles. The van der Waals surface area contributed by atoms with Gasteiger partial charge in [-0.2, -0.15) is 0 Å². The highest BCUT2D eigenvalue weighted by Crippen LogP contribution is 2.22. The van der Waals surface area contributed by atoms with Gasteiger partial charge in [0.25, 0.3) is 0 Å². The number of carbonyl (C=O) groups is 2. The first-order chi connectivity index (χ1) is 8.60. The number of carbonyl (C=O) groups excluding carboxylic acids is 1. The number of rotatable bonds is 4. The van der Waals surface area contributed by atoms with Crippen LogP contribution in [0.5, 0.6) is 0 Å². The Hall–Kier alpha value is -1.98. The van der Waals surface area contributed by atoms with Gasteiger partial charge in [-0.15, -0.1) is 0 Å². The number of esters is 1. The average Bonchev–Trinajstić information content (AvgIpc) is 2.57. The van der Waals surface area contributed by atoms with Crippen LogP contribution in [0.15, 0.2) is 10.5 Å². The number of nitrogens with zero attached hydrogens (tertiary/aromatic N) is 1. The highest BCUT2D eigenvalue weighted by molar-refractivity contribution is 5.87. The van der Waals surface area contributed by atoms with Crippen LogP contribution in [-0.4, -0.2) is 36.2 Å². The Balaban J connectivity index is 2.73. The molecule has 0 bridgehead atoms. The molecule has 0 spiro atoms. The van der Waals surface area contributed by atoms with Crippen molar-refractivity contribution in [2.75, 3.05) is 18.5 Å². The molecule has 0 atom stereocenters. The van der Waals surface area contributed by atoms with E-state index >= 15 is 0 Å². The summed E-state index contributed by atoms with van der Waals surface area (Å²) >= 11 is 0. The van der Waals surface area contributed by atoms with Crippen molar-refractivity contribution in [3.05, 3.63) is 17.4 Å². The van der Waals surface area contributed by atoms with E-state index in [1.165, 1.54) is 4.90 Å². The van der Waals surface area contributed by atoms with E-state index in [2.05, 4.69) is 0 Å². The summed E-state index contributed by atoms with van der Waals surface area (Å²) in [6.07, 6.45) is 0. The monoisotopic (exact) mass is 269 g/mol. The second kappa shape index (κ2) is 5.34. The number of carboxylic acid groups (broad SMARTS) is 1. The molecule has 1 aromatic rings. The maximum Gasteiger partial charge on any atom is 0.372 e. The van der Waals surface area contributed by atoms with Gasteiger partial charge < -0.3 is 19.2 Å². The van der Waals surface area contributed by atoms with Crippen molar-refractivity contribution < 1.29 is 23.8 Å². The Morgan fingerprint density at radius 2 is 2.00 bits per heavy atom. The van der Waals surface area contributed by atoms with E-state index in [1.54, 1.807) is 40.8 Å². The molecule has 19 heavy (non-hydrogen) atoms. The minimum absolute atomic E-state index is 0.0106. The number of hydrogen-bond donors (Lipinski definition) is 1. The molecule has 0 radical (unpaired) electrons. The number of aryl methyl sites for hydroxylation is 1. The number of anilines is 1. The van der Waals surface area contributed by atoms with Crippen LogP contribution in [-0.2, 0) is 9.53 Å². The van der Waals surface area contributed by atoms with Crippen LogP contribution in [0.2, 0.25) is 0 Å². The standard InChI is InChI=1S/C13H19NO5/c1-8-6-9(18-11(8)12(16)17)14(5)7-10(15)19-13(2,3)4/h6H,7H2,1-5H3,(H,16,17). The van der Waals surface area contributed by atoms with Crippen molar-refractivity contribution in [1.82, 2.24) is 0 Å². The summed E-state index contributed by atoms with van der Waals surface area (Å²) in [5.41, 5.74) is -0.0398. The van der Waals surface area contributed by atoms with Gasteiger partial charge in [0.1, 0.15) is 12.1 Å². The molecule has 1 rings (SSSR count). The summed E-state index contributed by atoms with van der Waals surface area (Å²) in [5, 5.41) is 8.89. The van der Waals surface area contributed by atoms with E-state index < -0.39 is 17.5 Å². The number of aromatic carboxylic acids is 1. The summed E-state index contributed by atoms with van der Waals surface area (Å²) in [5.74, 6) is -1.33. The fourth-order valence-electron chi connectivity index (χ4n) is 1.51. The van der Waals surface area contributed by atoms with Gasteiger partial charge in [0.15, 0.2) is 5.88 Å². The van der Waals surface area contributed by atoms with Crippen LogP contribution in [0, 0.1) is 6.92 Å². The van der Waals surface area contributed by atoms with Crippen molar-refractivity contribution in [1.29, 1.82) is 0 Å². The van der Waals surface area contributed by atoms with E-state index in [9.17, 15) is 9.59 Å². The van der Waals surface area contributed by atoms with Crippen molar-refractivity contribution in [2.45, 2.75) is 33.3 Å². The van der Waals surface area contributed by atoms with E-state index in [0.29, 0.717) is 11.4 Å². The number of furan rings is 1. The van der Waals surface area contributed by atoms with Gasteiger partial charge in [0.05, 0.1) is 0 Å². The van der Waals surface area contributed by atoms with Crippen molar-refractivity contribution in [2.24, 2.45) is 0 Å². The zero-order valence-corrected chi connectivity index (χ0v) is 11.8. The normalized spacial score (nSPS) is 11.2. The van der Waals surface area contributed by atoms with Gasteiger partial charge in [-0.25, -0.2) is 4.79 Å². The quantitative estimate of drug-likeness (QED) is 0.843. The molecular formula is C13H19NO5. The lowest BCUT2D eigenvalue weighted by molar-refractivity contribution is -0.152. The molecule has 6 heteroatoms. The first-order valence-electron chi connectivity index (χ1n) is 5.87. The maximum absolute atomic E-state index is 11.6. The third-order valence-electron chi connectivity index (χ3n) is 2.26. The number of hydrogen-bond acceptors (Lipinski definition) is 5. The van der Waals surface area contributed by atoms with E-state index in [-0.39, 0.29) is 12.3 Å². The van der Waals surface area contributed by atoms with Gasteiger partial charge in [0, 0.05) is 18.7 Å². The molecule has 0 fully saturated rings. The number of likely N-dealkylation sites (N-methyl/N-ethyl adjacent to an activating group) is 1. The van der Waals surface area contributed by atoms with Crippen LogP contribution in [0.1, 0.15) is 36.9 Å². The molecule has 106 valence electrons. The second-order valence-electron chi connectivity index (χ2n) is 5.34. The predicted molar refractivity (Wildman–Crippen MR) is 69.5 cm³/mol. The van der Waals surface area contributed by atoms with Crippen molar-refractivity contribution >= 4 is 17.8 Å². The minimum Gasteiger partial charge on any atom is -0.475 e. The molecular weight excluding hydrogens is 250 g/mol. The lowest BCUT2D eigenvalue weighted by Crippen LogP contribution is -2.32. The SMILES string of the molecule is Cc1cc(N(C)CC(=O)OC(C)(C)C)oc1C(=O)O. The Morgan fingerprint density at radius 3 is 2.42 bits per heavy atom. The predicted octanol–water partition coefficient (Wildman–Crippen LogP) is 2.06. The topological polar surface area (TPSA) is 80.0 Å². The molecule has 0 amide bonds. The summed E-state index contributed by atoms with van der Waals surface area (Å²) in [4.78, 5) is 24.0. The third-order valence-corrected chi connectivity index (χ3v) is 2.26. The number of carboxylic acids is 1. The smallest absolute Gasteiger partial charge is 0.372 e. The van der Waals surface area contributed by atoms with Gasteiger partial charge in [-0.1, -0.05) is 0 Å². The second-order valence-corrected chi connectivity index (χ2v) is 5.34. The Bertz CT molecular complexity index is 484. The van der Waals surface area contributed by atoms with Crippen LogP contribution < -0.4 is 4.90 Å². The largest absolute Gasteiger partial charge is 0.475 e. The van der Waals surface area contributed by atoms with Crippen LogP contribution >= 0.6 is 0 Å². The Kier molecular flexibility index (Phi) is 4.24. The summed E-state index contributed by atoms with van der Waals surface area (Å²) in [7, 11) is 1.63. The average molecular weight is 269 g/mol. The van der Waals surface area contributed by atoms with Gasteiger partial charge in [0.2, 0.25) is 5.76 Å². The highest BCUT2D eigenvalue weighted by atomic mass is 16.6. The molecule has 0 aromatic carbocycles. The molecule has 0 aliphatic heterocycles. The van der Waals surface area contributed by atoms with Gasteiger partial charge >= 0.3 is 11.9 Å². The molecule has 0 aliphatic rings. The Morgan fingerprint density at radius 1 is 1.42 bits per heavy atom. The molecule has 1 aromatic heterocycles. The van der Waals surface area contributed by atoms with Crippen molar-refractivity contribution in [3.63, 3.8) is 0 Å². The van der Waals surface area contributed by atoms with Crippen LogP contribution in [0.4, 0.5) is 5.88 Å². The van der Waals surface area contributed by atoms with Crippen LogP contribution in [0.3, 0.4) is 0 Å². The van der Waals surface area contributed by atoms with Gasteiger partial charge in [-0.3, -0.25) is 4.79 Å². The molecule has 1 heterocycles. The van der Waals surface area contributed by atoms with E-state index in [0.717, 1.165) is 0 Å². The summed E-state index contributed by atoms with van der Waals surface area (Å²) in [6.45, 7) is 6.97. The van der Waals surface area contributed by atoms with E-state index in [1.807, 2.05) is 0 Å². The Labute approximate surface area is 112 Å². The van der Waals surface area contributed by atoms with E-state index in [4.69, 9.17) is 14.3 Å². The minimum atomic E-state index is -1.13. The zero-order valence-electron chi connectivity index (χ0n) is 11.8. The van der Waals surface area contributed by atoms with Crippen molar-refractivity contribution in [3.8, 4) is 0 Å². The lowest BCUT2D eigenvalue weighted by Gasteiger charge is -2.22. The molecule has 6 nitrogen and oxygen atoms in total. The highest BCUT2D eigenvalue weighted by Gasteiger charge is 2.21. The number of ether oxygens (including phenoxy) is 1. The van der Waals surface area contributed by atoms with Gasteiger partial charge in [-0.05, 0) is 27.7 Å². The lowest BCUT2D eigenvalue weighted by atomic mass is 10.2. The first kappa shape index (κ1) is 15.1. The summed E-state index contributed by atoms with van der Waals surface area (Å²) in [6, 6.07) is 1.58. The fourth-order valence-corrected chi connectivity index (χ4v) is 1.51. The first-order valence-corrected chi connectivity index (χ1v) is 5.87. The zero-order chi connectivity index (χ0) is 14.8. The summed E-state index contributed by atoms with van der Waals surface area (Å²) < 4.78 is 10.4. The molecule has 0 aliphatic carbocycles. The third kappa shape index (κ3) is 4.31. The van der Waals surface area contributed by atoms with Crippen LogP contribution in [0.25, 0.3) is 0 Å². The fraction of sp³-hybridized carbons (Fsp3) is 0.538. The molecule has 1 N–H and O–H groups in total.